The van der Waals surface area contributed by atoms with Gasteiger partial charge in [0, 0.05) is 28.9 Å². The maximum Gasteiger partial charge on any atom is 0.159 e. The molecule has 1 rings (SSSR count). The SMILES string of the molecule is CC(CCNCC(O)c1ccc(F)c(F)c1)S(C)=O. The minimum atomic E-state index is -0.966. The van der Waals surface area contributed by atoms with Gasteiger partial charge in [0.1, 0.15) is 0 Å². The molecule has 108 valence electrons. The molecular weight excluding hydrogens is 272 g/mol. The van der Waals surface area contributed by atoms with E-state index in [-0.39, 0.29) is 11.8 Å². The summed E-state index contributed by atoms with van der Waals surface area (Å²) in [5.74, 6) is -1.89. The van der Waals surface area contributed by atoms with Gasteiger partial charge < -0.3 is 10.4 Å². The van der Waals surface area contributed by atoms with E-state index in [0.717, 1.165) is 18.6 Å². The van der Waals surface area contributed by atoms with Crippen molar-refractivity contribution in [2.75, 3.05) is 19.3 Å². The molecule has 1 aromatic rings. The molecule has 1 aromatic carbocycles. The molecule has 2 N–H and O–H groups in total. The number of hydrogen-bond acceptors (Lipinski definition) is 3. The predicted octanol–water partition coefficient (Wildman–Crippen LogP) is 1.74. The normalized spacial score (nSPS) is 16.1. The molecule has 0 saturated carbocycles. The Kier molecular flexibility index (Phi) is 6.54. The zero-order chi connectivity index (χ0) is 14.4. The number of aliphatic hydroxyl groups is 1. The fraction of sp³-hybridized carbons (Fsp3) is 0.538. The molecule has 0 aliphatic heterocycles. The zero-order valence-corrected chi connectivity index (χ0v) is 11.8. The van der Waals surface area contributed by atoms with E-state index in [1.807, 2.05) is 6.92 Å². The third-order valence-corrected chi connectivity index (χ3v) is 4.33. The molecule has 3 unspecified atom stereocenters. The van der Waals surface area contributed by atoms with Gasteiger partial charge in [-0.3, -0.25) is 4.21 Å². The van der Waals surface area contributed by atoms with Crippen molar-refractivity contribution in [1.82, 2.24) is 5.32 Å². The maximum absolute atomic E-state index is 13.0. The van der Waals surface area contributed by atoms with Crippen LogP contribution in [0.1, 0.15) is 25.0 Å². The van der Waals surface area contributed by atoms with Crippen LogP contribution in [0.5, 0.6) is 0 Å². The Bertz CT molecular complexity index is 443. The highest BCUT2D eigenvalue weighted by atomic mass is 32.2. The molecule has 0 heterocycles. The molecular formula is C13H19F2NO2S. The van der Waals surface area contributed by atoms with E-state index in [0.29, 0.717) is 12.1 Å². The van der Waals surface area contributed by atoms with E-state index >= 15 is 0 Å². The lowest BCUT2D eigenvalue weighted by Gasteiger charge is -2.14. The first kappa shape index (κ1) is 16.2. The van der Waals surface area contributed by atoms with Crippen LogP contribution in [0.25, 0.3) is 0 Å². The van der Waals surface area contributed by atoms with Crippen molar-refractivity contribution in [2.24, 2.45) is 0 Å². The molecule has 0 radical (unpaired) electrons. The van der Waals surface area contributed by atoms with Crippen LogP contribution < -0.4 is 5.32 Å². The van der Waals surface area contributed by atoms with Crippen molar-refractivity contribution in [3.8, 4) is 0 Å². The Morgan fingerprint density at radius 1 is 1.37 bits per heavy atom. The van der Waals surface area contributed by atoms with Crippen molar-refractivity contribution in [1.29, 1.82) is 0 Å². The van der Waals surface area contributed by atoms with Crippen molar-refractivity contribution < 1.29 is 18.1 Å². The van der Waals surface area contributed by atoms with Gasteiger partial charge in [-0.2, -0.15) is 0 Å². The topological polar surface area (TPSA) is 49.3 Å². The van der Waals surface area contributed by atoms with Crippen LogP contribution in [0.15, 0.2) is 18.2 Å². The van der Waals surface area contributed by atoms with Gasteiger partial charge in [-0.25, -0.2) is 8.78 Å². The van der Waals surface area contributed by atoms with E-state index in [9.17, 15) is 18.1 Å². The summed E-state index contributed by atoms with van der Waals surface area (Å²) in [5.41, 5.74) is 0.332. The monoisotopic (exact) mass is 291 g/mol. The van der Waals surface area contributed by atoms with E-state index in [2.05, 4.69) is 5.32 Å². The van der Waals surface area contributed by atoms with E-state index in [4.69, 9.17) is 0 Å². The predicted molar refractivity (Wildman–Crippen MR) is 72.3 cm³/mol. The third kappa shape index (κ3) is 5.34. The molecule has 0 saturated heterocycles. The summed E-state index contributed by atoms with van der Waals surface area (Å²) in [6, 6.07) is 3.34. The molecule has 0 bridgehead atoms. The summed E-state index contributed by atoms with van der Waals surface area (Å²) in [5, 5.41) is 12.9. The van der Waals surface area contributed by atoms with Crippen LogP contribution in [0.2, 0.25) is 0 Å². The lowest BCUT2D eigenvalue weighted by molar-refractivity contribution is 0.174. The van der Waals surface area contributed by atoms with Crippen molar-refractivity contribution in [2.45, 2.75) is 24.7 Å². The minimum absolute atomic E-state index is 0.0907. The molecule has 3 nitrogen and oxygen atoms in total. The number of halogens is 2. The number of aliphatic hydroxyl groups excluding tert-OH is 1. The first-order chi connectivity index (χ1) is 8.91. The Morgan fingerprint density at radius 2 is 2.05 bits per heavy atom. The molecule has 19 heavy (non-hydrogen) atoms. The van der Waals surface area contributed by atoms with Gasteiger partial charge in [0.2, 0.25) is 0 Å². The maximum atomic E-state index is 13.0. The highest BCUT2D eigenvalue weighted by Gasteiger charge is 2.11. The minimum Gasteiger partial charge on any atom is -0.387 e. The summed E-state index contributed by atoms with van der Waals surface area (Å²) in [6.07, 6.45) is 1.49. The van der Waals surface area contributed by atoms with Crippen molar-refractivity contribution in [3.63, 3.8) is 0 Å². The van der Waals surface area contributed by atoms with Crippen LogP contribution in [-0.4, -0.2) is 33.9 Å². The van der Waals surface area contributed by atoms with E-state index in [1.165, 1.54) is 6.07 Å². The molecule has 0 amide bonds. The number of rotatable bonds is 7. The van der Waals surface area contributed by atoms with Crippen LogP contribution in [0.3, 0.4) is 0 Å². The van der Waals surface area contributed by atoms with Crippen LogP contribution in [0, 0.1) is 11.6 Å². The fourth-order valence-electron chi connectivity index (χ4n) is 1.55. The Hall–Kier alpha value is -0.850. The summed E-state index contributed by atoms with van der Waals surface area (Å²) < 4.78 is 36.8. The molecule has 3 atom stereocenters. The second-order valence-electron chi connectivity index (χ2n) is 4.49. The molecule has 0 aromatic heterocycles. The lowest BCUT2D eigenvalue weighted by atomic mass is 10.1. The van der Waals surface area contributed by atoms with Gasteiger partial charge in [0.25, 0.3) is 0 Å². The standard InChI is InChI=1S/C13H19F2NO2S/c1-9(19(2)18)5-6-16-8-13(17)10-3-4-11(14)12(15)7-10/h3-4,7,9,13,16-17H,5-6,8H2,1-2H3. The molecule has 6 heteroatoms. The van der Waals surface area contributed by atoms with Gasteiger partial charge >= 0.3 is 0 Å². The average Bonchev–Trinajstić information content (AvgIpc) is 2.37. The van der Waals surface area contributed by atoms with Gasteiger partial charge in [-0.15, -0.1) is 0 Å². The summed E-state index contributed by atoms with van der Waals surface area (Å²) in [4.78, 5) is 0. The molecule has 0 fully saturated rings. The van der Waals surface area contributed by atoms with Crippen molar-refractivity contribution >= 4 is 10.8 Å². The fourth-order valence-corrected chi connectivity index (χ4v) is 2.00. The van der Waals surface area contributed by atoms with Gasteiger partial charge in [0.15, 0.2) is 11.6 Å². The van der Waals surface area contributed by atoms with Gasteiger partial charge in [0.05, 0.1) is 6.10 Å². The smallest absolute Gasteiger partial charge is 0.159 e. The van der Waals surface area contributed by atoms with Gasteiger partial charge in [-0.05, 0) is 30.7 Å². The Morgan fingerprint density at radius 3 is 2.63 bits per heavy atom. The summed E-state index contributed by atoms with van der Waals surface area (Å²) in [6.45, 7) is 2.75. The second-order valence-corrected chi connectivity index (χ2v) is 6.29. The first-order valence-corrected chi connectivity index (χ1v) is 7.70. The van der Waals surface area contributed by atoms with E-state index < -0.39 is 28.5 Å². The van der Waals surface area contributed by atoms with Crippen LogP contribution >= 0.6 is 0 Å². The van der Waals surface area contributed by atoms with Crippen molar-refractivity contribution in [3.05, 3.63) is 35.4 Å². The van der Waals surface area contributed by atoms with Gasteiger partial charge in [-0.1, -0.05) is 13.0 Å². The third-order valence-electron chi connectivity index (χ3n) is 2.96. The average molecular weight is 291 g/mol. The highest BCUT2D eigenvalue weighted by molar-refractivity contribution is 7.84. The van der Waals surface area contributed by atoms with Crippen LogP contribution in [-0.2, 0) is 10.8 Å². The second kappa shape index (κ2) is 7.67. The Balaban J connectivity index is 2.37. The zero-order valence-electron chi connectivity index (χ0n) is 11.0. The number of nitrogens with one attached hydrogen (secondary N) is 1. The lowest BCUT2D eigenvalue weighted by Crippen LogP contribution is -2.25. The molecule has 0 aliphatic rings. The number of hydrogen-bond donors (Lipinski definition) is 2. The molecule has 0 spiro atoms. The summed E-state index contributed by atoms with van der Waals surface area (Å²) in [7, 11) is -0.860. The molecule has 0 aliphatic carbocycles. The quantitative estimate of drug-likeness (QED) is 0.752. The highest BCUT2D eigenvalue weighted by Crippen LogP contribution is 2.15. The van der Waals surface area contributed by atoms with Crippen LogP contribution in [0.4, 0.5) is 8.78 Å². The van der Waals surface area contributed by atoms with E-state index in [1.54, 1.807) is 6.26 Å². The first-order valence-electron chi connectivity index (χ1n) is 6.07. The largest absolute Gasteiger partial charge is 0.387 e. The summed E-state index contributed by atoms with van der Waals surface area (Å²) >= 11 is 0. The Labute approximate surface area is 114 Å². The number of benzene rings is 1.